The number of hydrogen-bond donors (Lipinski definition) is 1. The van der Waals surface area contributed by atoms with Crippen LogP contribution in [-0.2, 0) is 0 Å². The molecule has 1 fully saturated rings. The van der Waals surface area contributed by atoms with Gasteiger partial charge in [0.25, 0.3) is 0 Å². The number of rotatable bonds is 1. The van der Waals surface area contributed by atoms with Crippen molar-refractivity contribution in [3.05, 3.63) is 0 Å². The molecule has 0 aliphatic heterocycles. The predicted octanol–water partition coefficient (Wildman–Crippen LogP) is 0.532. The van der Waals surface area contributed by atoms with Crippen LogP contribution in [0.2, 0.25) is 0 Å². The summed E-state index contributed by atoms with van der Waals surface area (Å²) < 4.78 is 0. The zero-order valence-corrected chi connectivity index (χ0v) is 3.59. The first-order valence-corrected chi connectivity index (χ1v) is 2.27. The largest absolute Gasteiger partial charge is 0.297 e. The first kappa shape index (κ1) is 4.09. The Bertz CT molecular complexity index is 40.1. The van der Waals surface area contributed by atoms with Crippen molar-refractivity contribution in [1.29, 1.82) is 0 Å². The molecule has 0 aromatic heterocycles. The van der Waals surface area contributed by atoms with Gasteiger partial charge in [-0.25, -0.2) is 0 Å². The van der Waals surface area contributed by atoms with Crippen LogP contribution in [0, 0.1) is 0 Å². The van der Waals surface area contributed by atoms with Gasteiger partial charge in [0.2, 0.25) is 0 Å². The van der Waals surface area contributed by atoms with E-state index in [-0.39, 0.29) is 0 Å². The third kappa shape index (κ3) is 0.533. The van der Waals surface area contributed by atoms with E-state index in [2.05, 4.69) is 5.48 Å². The van der Waals surface area contributed by atoms with Crippen molar-refractivity contribution in [1.82, 2.24) is 5.48 Å². The monoisotopic (exact) mass is 86.1 g/mol. The summed E-state index contributed by atoms with van der Waals surface area (Å²) in [4.78, 5) is 0. The summed E-state index contributed by atoms with van der Waals surface area (Å²) in [5.74, 6) is 0. The summed E-state index contributed by atoms with van der Waals surface area (Å²) in [7, 11) is 0. The summed E-state index contributed by atoms with van der Waals surface area (Å²) in [6, 6.07) is 0.296. The fourth-order valence-electron chi connectivity index (χ4n) is 0.502. The van der Waals surface area contributed by atoms with E-state index in [0.29, 0.717) is 6.04 Å². The zero-order chi connectivity index (χ0) is 4.41. The Morgan fingerprint density at radius 2 is 2.17 bits per heavy atom. The molecular weight excluding hydrogens is 78.0 g/mol. The molecule has 6 heavy (non-hydrogen) atoms. The Kier molecular flexibility index (Phi) is 1.08. The lowest BCUT2D eigenvalue weighted by Gasteiger charge is -2.20. The molecule has 2 heteroatoms. The maximum absolute atomic E-state index is 8.01. The van der Waals surface area contributed by atoms with Crippen LogP contribution in [0.5, 0.6) is 0 Å². The molecule has 1 aliphatic carbocycles. The number of hydroxylamine groups is 1. The summed E-state index contributed by atoms with van der Waals surface area (Å²) in [5, 5.41) is 8.01. The van der Waals surface area contributed by atoms with Gasteiger partial charge in [-0.1, -0.05) is 11.9 Å². The molecule has 0 amide bonds. The van der Waals surface area contributed by atoms with E-state index >= 15 is 0 Å². The maximum Gasteiger partial charge on any atom is 0.0535 e. The van der Waals surface area contributed by atoms with Crippen molar-refractivity contribution in [3.63, 3.8) is 0 Å². The topological polar surface area (TPSA) is 34.3 Å². The van der Waals surface area contributed by atoms with E-state index in [4.69, 9.17) is 5.21 Å². The molecule has 0 spiro atoms. The minimum absolute atomic E-state index is 0.296. The Morgan fingerprint density at radius 3 is 2.17 bits per heavy atom. The van der Waals surface area contributed by atoms with Crippen LogP contribution >= 0.6 is 0 Å². The van der Waals surface area contributed by atoms with Crippen LogP contribution < -0.4 is 5.48 Å². The van der Waals surface area contributed by atoms with Gasteiger partial charge in [-0.3, -0.25) is 5.21 Å². The van der Waals surface area contributed by atoms with Crippen molar-refractivity contribution in [2.45, 2.75) is 25.3 Å². The maximum atomic E-state index is 8.01. The molecule has 0 saturated heterocycles. The lowest BCUT2D eigenvalue weighted by atomic mass is 9.94. The molecule has 1 saturated carbocycles. The van der Waals surface area contributed by atoms with Gasteiger partial charge in [-0.15, -0.1) is 0 Å². The number of hydrogen-bond acceptors (Lipinski definition) is 1. The van der Waals surface area contributed by atoms with Gasteiger partial charge in [0.15, 0.2) is 0 Å². The highest BCUT2D eigenvalue weighted by Crippen LogP contribution is 2.17. The Balaban J connectivity index is 2.01. The molecule has 35 valence electrons. The highest BCUT2D eigenvalue weighted by Gasteiger charge is 2.16. The van der Waals surface area contributed by atoms with Gasteiger partial charge in [0.05, 0.1) is 6.04 Å². The quantitative estimate of drug-likeness (QED) is 0.464. The van der Waals surface area contributed by atoms with Crippen molar-refractivity contribution < 1.29 is 5.21 Å². The molecular formula is C4H8NO. The molecule has 0 aromatic carbocycles. The minimum atomic E-state index is 0.296. The van der Waals surface area contributed by atoms with E-state index < -0.39 is 0 Å². The van der Waals surface area contributed by atoms with Gasteiger partial charge in [0.1, 0.15) is 0 Å². The van der Waals surface area contributed by atoms with Gasteiger partial charge in [-0.2, -0.15) is 0 Å². The Morgan fingerprint density at radius 1 is 1.50 bits per heavy atom. The second kappa shape index (κ2) is 1.58. The molecule has 0 atom stereocenters. The lowest BCUT2D eigenvalue weighted by Crippen LogP contribution is -2.26. The SMILES string of the molecule is O[N]C1CCC1. The second-order valence-corrected chi connectivity index (χ2v) is 1.70. The molecule has 0 bridgehead atoms. The molecule has 1 aliphatic rings. The van der Waals surface area contributed by atoms with Crippen molar-refractivity contribution in [2.75, 3.05) is 0 Å². The van der Waals surface area contributed by atoms with Crippen molar-refractivity contribution in [2.24, 2.45) is 0 Å². The molecule has 1 N–H and O–H groups in total. The van der Waals surface area contributed by atoms with Crippen LogP contribution in [0.1, 0.15) is 19.3 Å². The normalized spacial score (nSPS) is 23.5. The molecule has 1 radical (unpaired) electrons. The summed E-state index contributed by atoms with van der Waals surface area (Å²) in [6.45, 7) is 0. The van der Waals surface area contributed by atoms with Crippen molar-refractivity contribution >= 4 is 0 Å². The van der Waals surface area contributed by atoms with Crippen LogP contribution in [0.25, 0.3) is 0 Å². The van der Waals surface area contributed by atoms with Crippen LogP contribution in [0.3, 0.4) is 0 Å². The standard InChI is InChI=1S/C4H8NO/c6-5-4-2-1-3-4/h4,6H,1-3H2. The fourth-order valence-corrected chi connectivity index (χ4v) is 0.502. The molecule has 0 heterocycles. The zero-order valence-electron chi connectivity index (χ0n) is 3.59. The number of nitrogens with zero attached hydrogens (tertiary/aromatic N) is 1. The summed E-state index contributed by atoms with van der Waals surface area (Å²) in [6.07, 6.45) is 3.43. The highest BCUT2D eigenvalue weighted by atomic mass is 16.5. The van der Waals surface area contributed by atoms with Gasteiger partial charge in [-0.05, 0) is 12.8 Å². The van der Waals surface area contributed by atoms with E-state index in [0.717, 1.165) is 12.8 Å². The average Bonchev–Trinajstić information content (AvgIpc) is 1.31. The second-order valence-electron chi connectivity index (χ2n) is 1.70. The fraction of sp³-hybridized carbons (Fsp3) is 1.00. The van der Waals surface area contributed by atoms with Gasteiger partial charge < -0.3 is 0 Å². The molecule has 2 nitrogen and oxygen atoms in total. The minimum Gasteiger partial charge on any atom is -0.297 e. The van der Waals surface area contributed by atoms with Gasteiger partial charge in [0, 0.05) is 0 Å². The molecule has 1 rings (SSSR count). The van der Waals surface area contributed by atoms with E-state index in [9.17, 15) is 0 Å². The highest BCUT2D eigenvalue weighted by molar-refractivity contribution is 4.71. The Labute approximate surface area is 37.1 Å². The molecule has 0 unspecified atom stereocenters. The van der Waals surface area contributed by atoms with Crippen LogP contribution in [0.4, 0.5) is 0 Å². The van der Waals surface area contributed by atoms with Crippen molar-refractivity contribution in [3.8, 4) is 0 Å². The first-order chi connectivity index (χ1) is 2.93. The average molecular weight is 86.1 g/mol. The summed E-state index contributed by atoms with van der Waals surface area (Å²) in [5.41, 5.74) is 3.09. The van der Waals surface area contributed by atoms with Crippen LogP contribution in [0.15, 0.2) is 0 Å². The van der Waals surface area contributed by atoms with E-state index in [1.54, 1.807) is 0 Å². The lowest BCUT2D eigenvalue weighted by molar-refractivity contribution is 0.0793. The van der Waals surface area contributed by atoms with Crippen LogP contribution in [-0.4, -0.2) is 11.2 Å². The molecule has 0 aromatic rings. The van der Waals surface area contributed by atoms with E-state index in [1.165, 1.54) is 6.42 Å². The predicted molar refractivity (Wildman–Crippen MR) is 21.6 cm³/mol. The smallest absolute Gasteiger partial charge is 0.0535 e. The van der Waals surface area contributed by atoms with E-state index in [1.807, 2.05) is 0 Å². The first-order valence-electron chi connectivity index (χ1n) is 2.27. The summed E-state index contributed by atoms with van der Waals surface area (Å²) >= 11 is 0. The third-order valence-corrected chi connectivity index (χ3v) is 1.24. The Hall–Kier alpha value is -0.0800. The van der Waals surface area contributed by atoms with Gasteiger partial charge >= 0.3 is 0 Å². The third-order valence-electron chi connectivity index (χ3n) is 1.24.